The Kier molecular flexibility index (Phi) is 7.94. The Balaban J connectivity index is 1.53. The maximum absolute atomic E-state index is 14.7. The lowest BCUT2D eigenvalue weighted by Gasteiger charge is -2.42. The summed E-state index contributed by atoms with van der Waals surface area (Å²) in [5.41, 5.74) is 0. The van der Waals surface area contributed by atoms with Crippen molar-refractivity contribution in [2.45, 2.75) is 107 Å². The van der Waals surface area contributed by atoms with Crippen molar-refractivity contribution >= 4 is 0 Å². The molecule has 32 heavy (non-hydrogen) atoms. The summed E-state index contributed by atoms with van der Waals surface area (Å²) in [7, 11) is 0. The van der Waals surface area contributed by atoms with Crippen LogP contribution in [0.1, 0.15) is 51.4 Å². The van der Waals surface area contributed by atoms with Crippen molar-refractivity contribution in [3.05, 3.63) is 0 Å². The molecule has 0 aromatic heterocycles. The van der Waals surface area contributed by atoms with Gasteiger partial charge in [0.05, 0.1) is 12.2 Å². The van der Waals surface area contributed by atoms with Crippen LogP contribution in [0.15, 0.2) is 0 Å². The molecule has 8 atom stereocenters. The molecule has 0 spiro atoms. The molecule has 12 heteroatoms. The van der Waals surface area contributed by atoms with Gasteiger partial charge < -0.3 is 4.74 Å². The first kappa shape index (κ1) is 25.8. The Morgan fingerprint density at radius 2 is 1.22 bits per heavy atom. The highest BCUT2D eigenvalue weighted by Crippen LogP contribution is 2.46. The number of hydrogen-bond donors (Lipinski definition) is 0. The Bertz CT molecular complexity index is 606. The van der Waals surface area contributed by atoms with Crippen LogP contribution in [0.2, 0.25) is 0 Å². The van der Waals surface area contributed by atoms with Gasteiger partial charge in [-0.2, -0.15) is 8.78 Å². The maximum Gasteiger partial charge on any atom is 0.522 e. The molecule has 3 fully saturated rings. The third kappa shape index (κ3) is 6.21. The SMILES string of the molecule is FC1CC(F)C(C(F)(F)OC2CCC(C3CCC(OC(F)(F)F)C(F)C3)C(F)C2)C(F)C1. The van der Waals surface area contributed by atoms with E-state index >= 15 is 0 Å². The third-order valence-electron chi connectivity index (χ3n) is 6.87. The summed E-state index contributed by atoms with van der Waals surface area (Å²) in [4.78, 5) is 0. The van der Waals surface area contributed by atoms with Crippen LogP contribution >= 0.6 is 0 Å². The van der Waals surface area contributed by atoms with Gasteiger partial charge in [-0.3, -0.25) is 4.74 Å². The van der Waals surface area contributed by atoms with E-state index in [2.05, 4.69) is 9.47 Å². The van der Waals surface area contributed by atoms with E-state index in [1.54, 1.807) is 0 Å². The van der Waals surface area contributed by atoms with E-state index in [0.717, 1.165) is 0 Å². The molecule has 3 aliphatic rings. The molecule has 0 N–H and O–H groups in total. The van der Waals surface area contributed by atoms with Gasteiger partial charge in [-0.1, -0.05) is 0 Å². The summed E-state index contributed by atoms with van der Waals surface area (Å²) in [5, 5.41) is 0. The van der Waals surface area contributed by atoms with Gasteiger partial charge in [-0.25, -0.2) is 22.0 Å². The minimum absolute atomic E-state index is 0.0133. The molecule has 0 heterocycles. The minimum atomic E-state index is -4.98. The van der Waals surface area contributed by atoms with Crippen LogP contribution in [-0.2, 0) is 9.47 Å². The largest absolute Gasteiger partial charge is 0.522 e. The van der Waals surface area contributed by atoms with Gasteiger partial charge in [0.15, 0.2) is 0 Å². The molecule has 2 nitrogen and oxygen atoms in total. The number of hydrogen-bond acceptors (Lipinski definition) is 2. The molecule has 0 radical (unpaired) electrons. The highest BCUT2D eigenvalue weighted by atomic mass is 19.4. The second kappa shape index (κ2) is 9.84. The maximum atomic E-state index is 14.7. The van der Waals surface area contributed by atoms with Crippen molar-refractivity contribution in [2.75, 3.05) is 0 Å². The molecule has 0 bridgehead atoms. The zero-order chi connectivity index (χ0) is 23.8. The van der Waals surface area contributed by atoms with Crippen LogP contribution in [0.4, 0.5) is 43.9 Å². The lowest BCUT2D eigenvalue weighted by molar-refractivity contribution is -0.352. The number of alkyl halides is 10. The molecular weight excluding hydrogens is 462 g/mol. The summed E-state index contributed by atoms with van der Waals surface area (Å²) in [5.74, 6) is -3.82. The number of ether oxygens (including phenoxy) is 2. The fourth-order valence-corrected chi connectivity index (χ4v) is 5.38. The van der Waals surface area contributed by atoms with Gasteiger partial charge >= 0.3 is 12.5 Å². The molecule has 0 amide bonds. The normalized spacial score (nSPS) is 44.4. The van der Waals surface area contributed by atoms with E-state index in [4.69, 9.17) is 0 Å². The highest BCUT2D eigenvalue weighted by molar-refractivity contribution is 4.94. The fraction of sp³-hybridized carbons (Fsp3) is 1.00. The number of halogens is 10. The van der Waals surface area contributed by atoms with Crippen LogP contribution < -0.4 is 0 Å². The predicted octanol–water partition coefficient (Wildman–Crippen LogP) is 6.57. The van der Waals surface area contributed by atoms with Gasteiger partial charge in [0.2, 0.25) is 0 Å². The van der Waals surface area contributed by atoms with E-state index in [-0.39, 0.29) is 32.1 Å². The van der Waals surface area contributed by atoms with Crippen molar-refractivity contribution < 1.29 is 53.4 Å². The molecule has 0 aromatic rings. The smallest absolute Gasteiger partial charge is 0.317 e. The van der Waals surface area contributed by atoms with Gasteiger partial charge in [0.25, 0.3) is 0 Å². The highest BCUT2D eigenvalue weighted by Gasteiger charge is 2.56. The Hall–Kier alpha value is -0.780. The third-order valence-corrected chi connectivity index (χ3v) is 6.87. The van der Waals surface area contributed by atoms with Crippen LogP contribution in [0, 0.1) is 17.8 Å². The monoisotopic (exact) mass is 488 g/mol. The Morgan fingerprint density at radius 3 is 1.75 bits per heavy atom. The van der Waals surface area contributed by atoms with Crippen molar-refractivity contribution in [1.82, 2.24) is 0 Å². The molecule has 8 unspecified atom stereocenters. The molecule has 0 saturated heterocycles. The minimum Gasteiger partial charge on any atom is -0.317 e. The molecular formula is C20H26F10O2. The average molecular weight is 488 g/mol. The quantitative estimate of drug-likeness (QED) is 0.408. The van der Waals surface area contributed by atoms with E-state index in [1.807, 2.05) is 0 Å². The topological polar surface area (TPSA) is 18.5 Å². The van der Waals surface area contributed by atoms with E-state index in [0.29, 0.717) is 0 Å². The van der Waals surface area contributed by atoms with E-state index in [9.17, 15) is 43.9 Å². The van der Waals surface area contributed by atoms with Gasteiger partial charge in [-0.05, 0) is 43.9 Å². The summed E-state index contributed by atoms with van der Waals surface area (Å²) in [6, 6.07) is 0. The zero-order valence-corrected chi connectivity index (χ0v) is 17.0. The molecule has 3 aliphatic carbocycles. The number of rotatable bonds is 5. The second-order valence-electron chi connectivity index (χ2n) is 9.11. The van der Waals surface area contributed by atoms with Crippen molar-refractivity contribution in [1.29, 1.82) is 0 Å². The Labute approximate surface area is 179 Å². The fourth-order valence-electron chi connectivity index (χ4n) is 5.38. The standard InChI is InChI=1S/C20H26F10O2/c21-10-6-15(24)18(16(25)7-10)19(26,27)31-11-2-3-12(13(22)8-11)9-1-4-17(14(23)5-9)32-20(28,29)30/h9-18H,1-8H2. The van der Waals surface area contributed by atoms with Crippen LogP contribution in [-0.4, -0.2) is 55.5 Å². The molecule has 3 rings (SSSR count). The average Bonchev–Trinajstić information content (AvgIpc) is 2.61. The van der Waals surface area contributed by atoms with Gasteiger partial charge in [0.1, 0.15) is 36.8 Å². The van der Waals surface area contributed by atoms with Crippen LogP contribution in [0.5, 0.6) is 0 Å². The van der Waals surface area contributed by atoms with Crippen molar-refractivity contribution in [3.63, 3.8) is 0 Å². The van der Waals surface area contributed by atoms with Crippen LogP contribution in [0.25, 0.3) is 0 Å². The van der Waals surface area contributed by atoms with Gasteiger partial charge in [0, 0.05) is 19.3 Å². The first-order valence-corrected chi connectivity index (χ1v) is 10.8. The van der Waals surface area contributed by atoms with Crippen LogP contribution in [0.3, 0.4) is 0 Å². The Morgan fingerprint density at radius 1 is 0.594 bits per heavy atom. The summed E-state index contributed by atoms with van der Waals surface area (Å²) >= 11 is 0. The predicted molar refractivity (Wildman–Crippen MR) is 92.6 cm³/mol. The molecule has 188 valence electrons. The van der Waals surface area contributed by atoms with Crippen molar-refractivity contribution in [2.24, 2.45) is 17.8 Å². The molecule has 0 aromatic carbocycles. The first-order chi connectivity index (χ1) is 14.8. The summed E-state index contributed by atoms with van der Waals surface area (Å²) in [6.45, 7) is 0. The zero-order valence-electron chi connectivity index (χ0n) is 17.0. The lowest BCUT2D eigenvalue weighted by atomic mass is 9.71. The van der Waals surface area contributed by atoms with E-state index < -0.39 is 92.6 Å². The van der Waals surface area contributed by atoms with Gasteiger partial charge in [-0.15, -0.1) is 13.2 Å². The lowest BCUT2D eigenvalue weighted by Crippen LogP contribution is -2.50. The summed E-state index contributed by atoms with van der Waals surface area (Å²) in [6.07, 6.45) is -25.4. The second-order valence-corrected chi connectivity index (χ2v) is 9.11. The van der Waals surface area contributed by atoms with E-state index in [1.165, 1.54) is 0 Å². The van der Waals surface area contributed by atoms with Crippen molar-refractivity contribution in [3.8, 4) is 0 Å². The molecule has 3 saturated carbocycles. The first-order valence-electron chi connectivity index (χ1n) is 10.8. The summed E-state index contributed by atoms with van der Waals surface area (Å²) < 4.78 is 144. The molecule has 0 aliphatic heterocycles.